The predicted molar refractivity (Wildman–Crippen MR) is 88.8 cm³/mol. The van der Waals surface area contributed by atoms with Gasteiger partial charge in [0.05, 0.1) is 6.61 Å². The molecule has 2 aromatic carbocycles. The molecule has 0 aliphatic heterocycles. The molecule has 2 rings (SSSR count). The fourth-order valence-corrected chi connectivity index (χ4v) is 2.60. The fourth-order valence-electron chi connectivity index (χ4n) is 2.60. The highest BCUT2D eigenvalue weighted by Crippen LogP contribution is 2.22. The summed E-state index contributed by atoms with van der Waals surface area (Å²) in [7, 11) is 2.03. The third-order valence-corrected chi connectivity index (χ3v) is 3.74. The third kappa shape index (κ3) is 4.91. The van der Waals surface area contributed by atoms with E-state index in [2.05, 4.69) is 59.9 Å². The minimum Gasteiger partial charge on any atom is -0.494 e. The highest BCUT2D eigenvalue weighted by Gasteiger charge is 2.09. The summed E-state index contributed by atoms with van der Waals surface area (Å²) >= 11 is 0. The lowest BCUT2D eigenvalue weighted by molar-refractivity contribution is 0.340. The maximum Gasteiger partial charge on any atom is 0.119 e. The molecule has 1 atom stereocenters. The lowest BCUT2D eigenvalue weighted by atomic mass is 9.99. The van der Waals surface area contributed by atoms with Gasteiger partial charge < -0.3 is 10.1 Å². The van der Waals surface area contributed by atoms with Crippen LogP contribution in [-0.2, 0) is 6.42 Å². The Morgan fingerprint density at radius 3 is 2.33 bits per heavy atom. The van der Waals surface area contributed by atoms with E-state index in [1.165, 1.54) is 17.5 Å². The van der Waals surface area contributed by atoms with Crippen LogP contribution >= 0.6 is 0 Å². The van der Waals surface area contributed by atoms with Crippen molar-refractivity contribution in [1.29, 1.82) is 0 Å². The van der Waals surface area contributed by atoms with Crippen molar-refractivity contribution in [2.75, 3.05) is 13.7 Å². The summed E-state index contributed by atoms with van der Waals surface area (Å²) in [6, 6.07) is 19.5. The summed E-state index contributed by atoms with van der Waals surface area (Å²) in [4.78, 5) is 0. The molecule has 2 aromatic rings. The molecule has 0 amide bonds. The lowest BCUT2D eigenvalue weighted by Gasteiger charge is -2.17. The molecule has 0 saturated heterocycles. The number of hydrogen-bond acceptors (Lipinski definition) is 2. The zero-order valence-corrected chi connectivity index (χ0v) is 13.0. The van der Waals surface area contributed by atoms with Gasteiger partial charge in [0.2, 0.25) is 0 Å². The average molecular weight is 283 g/mol. The van der Waals surface area contributed by atoms with E-state index in [-0.39, 0.29) is 0 Å². The van der Waals surface area contributed by atoms with E-state index < -0.39 is 0 Å². The number of nitrogens with one attached hydrogen (secondary N) is 1. The Hall–Kier alpha value is -1.80. The Kier molecular flexibility index (Phi) is 6.29. The van der Waals surface area contributed by atoms with Crippen molar-refractivity contribution in [2.45, 2.75) is 32.2 Å². The van der Waals surface area contributed by atoms with Crippen LogP contribution in [0.4, 0.5) is 0 Å². The van der Waals surface area contributed by atoms with Crippen molar-refractivity contribution in [1.82, 2.24) is 5.32 Å². The van der Waals surface area contributed by atoms with Gasteiger partial charge in [-0.25, -0.2) is 0 Å². The summed E-state index contributed by atoms with van der Waals surface area (Å²) < 4.78 is 5.49. The van der Waals surface area contributed by atoms with Crippen molar-refractivity contribution >= 4 is 0 Å². The van der Waals surface area contributed by atoms with E-state index >= 15 is 0 Å². The maximum atomic E-state index is 5.49. The van der Waals surface area contributed by atoms with Crippen molar-refractivity contribution in [2.24, 2.45) is 0 Å². The van der Waals surface area contributed by atoms with Gasteiger partial charge in [0, 0.05) is 6.04 Å². The van der Waals surface area contributed by atoms with Crippen LogP contribution in [-0.4, -0.2) is 13.7 Å². The molecule has 0 saturated carbocycles. The van der Waals surface area contributed by atoms with Gasteiger partial charge in [0.25, 0.3) is 0 Å². The topological polar surface area (TPSA) is 21.3 Å². The third-order valence-electron chi connectivity index (χ3n) is 3.74. The summed E-state index contributed by atoms with van der Waals surface area (Å²) in [5, 5.41) is 3.42. The van der Waals surface area contributed by atoms with Gasteiger partial charge in [-0.3, -0.25) is 0 Å². The van der Waals surface area contributed by atoms with Gasteiger partial charge in [0.1, 0.15) is 5.75 Å². The quantitative estimate of drug-likeness (QED) is 0.777. The Morgan fingerprint density at radius 2 is 1.71 bits per heavy atom. The van der Waals surface area contributed by atoms with Crippen LogP contribution in [0.2, 0.25) is 0 Å². The number of rotatable bonds is 8. The Morgan fingerprint density at radius 1 is 1.00 bits per heavy atom. The van der Waals surface area contributed by atoms with Crippen molar-refractivity contribution in [3.05, 3.63) is 65.7 Å². The molecule has 112 valence electrons. The van der Waals surface area contributed by atoms with Crippen LogP contribution in [0, 0.1) is 0 Å². The lowest BCUT2D eigenvalue weighted by Crippen LogP contribution is -2.16. The second-order valence-electron chi connectivity index (χ2n) is 5.22. The minimum absolute atomic E-state index is 0.407. The van der Waals surface area contributed by atoms with Gasteiger partial charge in [-0.1, -0.05) is 42.5 Å². The highest BCUT2D eigenvalue weighted by atomic mass is 16.5. The van der Waals surface area contributed by atoms with E-state index in [9.17, 15) is 0 Å². The molecule has 0 spiro atoms. The Bertz CT molecular complexity index is 507. The molecule has 0 aliphatic rings. The van der Waals surface area contributed by atoms with Gasteiger partial charge in [0.15, 0.2) is 0 Å². The fraction of sp³-hybridized carbons (Fsp3) is 0.368. The smallest absolute Gasteiger partial charge is 0.119 e. The minimum atomic E-state index is 0.407. The molecule has 0 aromatic heterocycles. The first-order chi connectivity index (χ1) is 10.3. The van der Waals surface area contributed by atoms with E-state index in [1.54, 1.807) is 0 Å². The van der Waals surface area contributed by atoms with Gasteiger partial charge >= 0.3 is 0 Å². The molecule has 1 N–H and O–H groups in total. The summed E-state index contributed by atoms with van der Waals surface area (Å²) in [6.45, 7) is 2.72. The molecule has 2 nitrogen and oxygen atoms in total. The van der Waals surface area contributed by atoms with Crippen molar-refractivity contribution < 1.29 is 4.74 Å². The van der Waals surface area contributed by atoms with E-state index in [0.717, 1.165) is 18.6 Å². The SMILES string of the molecule is CCOc1ccc(C(CCCc2ccccc2)NC)cc1. The molecule has 0 bridgehead atoms. The predicted octanol–water partition coefficient (Wildman–Crippen LogP) is 4.37. The molecule has 1 unspecified atom stereocenters. The first kappa shape index (κ1) is 15.6. The Labute approximate surface area is 128 Å². The second kappa shape index (κ2) is 8.48. The van der Waals surface area contributed by atoms with Crippen molar-refractivity contribution in [3.63, 3.8) is 0 Å². The van der Waals surface area contributed by atoms with E-state index in [0.29, 0.717) is 12.6 Å². The highest BCUT2D eigenvalue weighted by molar-refractivity contribution is 5.29. The first-order valence-corrected chi connectivity index (χ1v) is 7.77. The van der Waals surface area contributed by atoms with Gasteiger partial charge in [-0.2, -0.15) is 0 Å². The number of hydrogen-bond donors (Lipinski definition) is 1. The number of benzene rings is 2. The molecule has 0 fully saturated rings. The average Bonchev–Trinajstić information content (AvgIpc) is 2.54. The van der Waals surface area contributed by atoms with Crippen LogP contribution in [0.5, 0.6) is 5.75 Å². The molecule has 0 heterocycles. The van der Waals surface area contributed by atoms with Crippen LogP contribution < -0.4 is 10.1 Å². The summed E-state index contributed by atoms with van der Waals surface area (Å²) in [5.74, 6) is 0.945. The second-order valence-corrected chi connectivity index (χ2v) is 5.22. The summed E-state index contributed by atoms with van der Waals surface area (Å²) in [6.07, 6.45) is 3.46. The standard InChI is InChI=1S/C19H25NO/c1-3-21-18-14-12-17(13-15-18)19(20-2)11-7-10-16-8-5-4-6-9-16/h4-6,8-9,12-15,19-20H,3,7,10-11H2,1-2H3. The zero-order valence-electron chi connectivity index (χ0n) is 13.0. The van der Waals surface area contributed by atoms with Crippen LogP contribution in [0.15, 0.2) is 54.6 Å². The van der Waals surface area contributed by atoms with Crippen molar-refractivity contribution in [3.8, 4) is 5.75 Å². The monoisotopic (exact) mass is 283 g/mol. The van der Waals surface area contributed by atoms with Crippen LogP contribution in [0.25, 0.3) is 0 Å². The normalized spacial score (nSPS) is 12.1. The van der Waals surface area contributed by atoms with Gasteiger partial charge in [-0.05, 0) is 56.5 Å². The molecule has 0 aliphatic carbocycles. The van der Waals surface area contributed by atoms with Crippen LogP contribution in [0.1, 0.15) is 36.9 Å². The van der Waals surface area contributed by atoms with Crippen LogP contribution in [0.3, 0.4) is 0 Å². The molecule has 2 heteroatoms. The van der Waals surface area contributed by atoms with E-state index in [1.807, 2.05) is 14.0 Å². The first-order valence-electron chi connectivity index (χ1n) is 7.77. The molecule has 21 heavy (non-hydrogen) atoms. The largest absolute Gasteiger partial charge is 0.494 e. The Balaban J connectivity index is 1.87. The summed E-state index contributed by atoms with van der Waals surface area (Å²) in [5.41, 5.74) is 2.74. The van der Waals surface area contributed by atoms with E-state index in [4.69, 9.17) is 4.74 Å². The zero-order chi connectivity index (χ0) is 14.9. The molecule has 0 radical (unpaired) electrons. The number of ether oxygens (including phenoxy) is 1. The maximum absolute atomic E-state index is 5.49. The molecular formula is C19H25NO. The molecular weight excluding hydrogens is 258 g/mol. The van der Waals surface area contributed by atoms with Gasteiger partial charge in [-0.15, -0.1) is 0 Å². The number of aryl methyl sites for hydroxylation is 1.